The Hall–Kier alpha value is -1.50. The van der Waals surface area contributed by atoms with Crippen LogP contribution in [0.25, 0.3) is 0 Å². The Labute approximate surface area is 118 Å². The fourth-order valence-corrected chi connectivity index (χ4v) is 2.56. The molecule has 0 saturated heterocycles. The zero-order valence-electron chi connectivity index (χ0n) is 12.7. The fraction of sp³-hybridized carbons (Fsp3) is 0.444. The Kier molecular flexibility index (Phi) is 6.41. The molecule has 1 atom stereocenters. The molecule has 1 unspecified atom stereocenters. The highest BCUT2D eigenvalue weighted by Gasteiger charge is 2.36. The zero-order valence-corrected chi connectivity index (χ0v) is 12.7. The Morgan fingerprint density at radius 3 is 2.37 bits per heavy atom. The van der Waals surface area contributed by atoms with E-state index in [-0.39, 0.29) is 5.41 Å². The van der Waals surface area contributed by atoms with Gasteiger partial charge in [0.15, 0.2) is 0 Å². The number of fused-ring (bicyclic) bond motifs is 1. The lowest BCUT2D eigenvalue weighted by molar-refractivity contribution is 0.491. The smallest absolute Gasteiger partial charge is 0.0379 e. The standard InChI is InChI=1S/C14H15N.2C2H6/c1-3-7-12-13(8-4-1)15-11-14(12)9-5-2-6-10-14;2*1-2/h2-9,15H,1,10-11H2;2*1-2H3. The first-order chi connectivity index (χ1) is 9.41. The summed E-state index contributed by atoms with van der Waals surface area (Å²) in [5.41, 5.74) is 2.98. The van der Waals surface area contributed by atoms with Crippen LogP contribution in [0.3, 0.4) is 0 Å². The van der Waals surface area contributed by atoms with Gasteiger partial charge in [0.05, 0.1) is 0 Å². The lowest BCUT2D eigenvalue weighted by atomic mass is 9.76. The van der Waals surface area contributed by atoms with Crippen LogP contribution >= 0.6 is 0 Å². The second-order valence-electron chi connectivity index (χ2n) is 4.37. The summed E-state index contributed by atoms with van der Waals surface area (Å²) in [5.74, 6) is 0. The average Bonchev–Trinajstić information content (AvgIpc) is 2.70. The van der Waals surface area contributed by atoms with Crippen LogP contribution in [-0.4, -0.2) is 6.54 Å². The summed E-state index contributed by atoms with van der Waals surface area (Å²) in [5, 5.41) is 3.52. The van der Waals surface area contributed by atoms with E-state index in [4.69, 9.17) is 0 Å². The van der Waals surface area contributed by atoms with Gasteiger partial charge in [-0.3, -0.25) is 0 Å². The summed E-state index contributed by atoms with van der Waals surface area (Å²) < 4.78 is 0. The lowest BCUT2D eigenvalue weighted by Crippen LogP contribution is -2.25. The van der Waals surface area contributed by atoms with E-state index in [1.54, 1.807) is 0 Å². The van der Waals surface area contributed by atoms with E-state index < -0.39 is 0 Å². The molecule has 0 aromatic rings. The molecule has 3 rings (SSSR count). The third-order valence-electron chi connectivity index (χ3n) is 3.41. The van der Waals surface area contributed by atoms with Gasteiger partial charge in [0, 0.05) is 17.7 Å². The van der Waals surface area contributed by atoms with Gasteiger partial charge in [0.2, 0.25) is 0 Å². The largest absolute Gasteiger partial charge is 0.384 e. The van der Waals surface area contributed by atoms with Crippen molar-refractivity contribution in [2.24, 2.45) is 5.41 Å². The van der Waals surface area contributed by atoms with Gasteiger partial charge in [-0.15, -0.1) is 0 Å². The first kappa shape index (κ1) is 15.6. The maximum Gasteiger partial charge on any atom is 0.0379 e. The highest BCUT2D eigenvalue weighted by Crippen LogP contribution is 2.42. The molecular formula is C18H27N. The van der Waals surface area contributed by atoms with E-state index in [0.29, 0.717) is 0 Å². The van der Waals surface area contributed by atoms with Crippen molar-refractivity contribution in [3.8, 4) is 0 Å². The molecule has 0 aromatic carbocycles. The minimum Gasteiger partial charge on any atom is -0.384 e. The molecular weight excluding hydrogens is 230 g/mol. The van der Waals surface area contributed by atoms with Crippen molar-refractivity contribution < 1.29 is 0 Å². The highest BCUT2D eigenvalue weighted by atomic mass is 14.9. The van der Waals surface area contributed by atoms with Gasteiger partial charge in [-0.05, 0) is 24.5 Å². The van der Waals surface area contributed by atoms with E-state index in [2.05, 4.69) is 53.9 Å². The molecule has 1 heteroatoms. The van der Waals surface area contributed by atoms with Crippen LogP contribution in [0.15, 0.2) is 59.9 Å². The summed E-state index contributed by atoms with van der Waals surface area (Å²) in [6.45, 7) is 9.03. The zero-order chi connectivity index (χ0) is 14.1. The lowest BCUT2D eigenvalue weighted by Gasteiger charge is -2.27. The predicted octanol–water partition coefficient (Wildman–Crippen LogP) is 4.91. The van der Waals surface area contributed by atoms with Crippen LogP contribution in [-0.2, 0) is 0 Å². The van der Waals surface area contributed by atoms with Gasteiger partial charge in [-0.2, -0.15) is 0 Å². The van der Waals surface area contributed by atoms with Crippen LogP contribution in [0, 0.1) is 5.41 Å². The maximum absolute atomic E-state index is 3.52. The van der Waals surface area contributed by atoms with Crippen molar-refractivity contribution >= 4 is 0 Å². The summed E-state index contributed by atoms with van der Waals surface area (Å²) in [6, 6.07) is 0. The van der Waals surface area contributed by atoms with Crippen molar-refractivity contribution in [3.63, 3.8) is 0 Å². The van der Waals surface area contributed by atoms with Gasteiger partial charge in [0.25, 0.3) is 0 Å². The monoisotopic (exact) mass is 257 g/mol. The second-order valence-corrected chi connectivity index (χ2v) is 4.37. The van der Waals surface area contributed by atoms with Gasteiger partial charge in [-0.25, -0.2) is 0 Å². The van der Waals surface area contributed by atoms with Crippen LogP contribution in [0.4, 0.5) is 0 Å². The number of hydrogen-bond acceptors (Lipinski definition) is 1. The summed E-state index contributed by atoms with van der Waals surface area (Å²) in [7, 11) is 0. The predicted molar refractivity (Wildman–Crippen MR) is 86.0 cm³/mol. The molecule has 19 heavy (non-hydrogen) atoms. The Morgan fingerprint density at radius 2 is 1.68 bits per heavy atom. The van der Waals surface area contributed by atoms with E-state index in [1.807, 2.05) is 27.7 Å². The third kappa shape index (κ3) is 3.28. The maximum atomic E-state index is 3.52. The van der Waals surface area contributed by atoms with Gasteiger partial charge >= 0.3 is 0 Å². The first-order valence-corrected chi connectivity index (χ1v) is 7.57. The summed E-state index contributed by atoms with van der Waals surface area (Å²) >= 11 is 0. The highest BCUT2D eigenvalue weighted by molar-refractivity contribution is 5.48. The molecule has 2 aliphatic carbocycles. The number of nitrogens with one attached hydrogen (secondary N) is 1. The Balaban J connectivity index is 0.000000415. The SMILES string of the molecule is C1=CCC2(C=C1)CNC1=C2C=CCC=C1.CC.CC. The molecule has 1 nitrogen and oxygen atoms in total. The normalized spacial score (nSPS) is 25.9. The van der Waals surface area contributed by atoms with Gasteiger partial charge in [-0.1, -0.05) is 70.2 Å². The molecule has 0 saturated carbocycles. The van der Waals surface area contributed by atoms with Crippen molar-refractivity contribution in [2.45, 2.75) is 40.5 Å². The minimum absolute atomic E-state index is 0.218. The minimum atomic E-state index is 0.218. The molecule has 0 fully saturated rings. The van der Waals surface area contributed by atoms with Crippen LogP contribution in [0.5, 0.6) is 0 Å². The quantitative estimate of drug-likeness (QED) is 0.650. The third-order valence-corrected chi connectivity index (χ3v) is 3.41. The molecule has 104 valence electrons. The molecule has 1 N–H and O–H groups in total. The molecule has 0 bridgehead atoms. The van der Waals surface area contributed by atoms with Crippen LogP contribution in [0.1, 0.15) is 40.5 Å². The number of allylic oxidation sites excluding steroid dienone is 7. The van der Waals surface area contributed by atoms with Gasteiger partial charge in [0.1, 0.15) is 0 Å². The van der Waals surface area contributed by atoms with Crippen molar-refractivity contribution in [1.29, 1.82) is 0 Å². The van der Waals surface area contributed by atoms with Gasteiger partial charge < -0.3 is 5.32 Å². The fourth-order valence-electron chi connectivity index (χ4n) is 2.56. The van der Waals surface area contributed by atoms with E-state index in [1.165, 1.54) is 11.3 Å². The number of hydrogen-bond donors (Lipinski definition) is 1. The Bertz CT molecular complexity index is 421. The van der Waals surface area contributed by atoms with Crippen molar-refractivity contribution in [3.05, 3.63) is 59.9 Å². The van der Waals surface area contributed by atoms with E-state index in [9.17, 15) is 0 Å². The Morgan fingerprint density at radius 1 is 0.947 bits per heavy atom. The van der Waals surface area contributed by atoms with Crippen molar-refractivity contribution in [2.75, 3.05) is 6.54 Å². The molecule has 0 radical (unpaired) electrons. The van der Waals surface area contributed by atoms with Crippen LogP contribution < -0.4 is 5.32 Å². The van der Waals surface area contributed by atoms with E-state index >= 15 is 0 Å². The number of rotatable bonds is 0. The topological polar surface area (TPSA) is 12.0 Å². The second kappa shape index (κ2) is 7.83. The molecule has 1 aliphatic heterocycles. The molecule has 1 spiro atoms. The van der Waals surface area contributed by atoms with Crippen molar-refractivity contribution in [1.82, 2.24) is 5.32 Å². The van der Waals surface area contributed by atoms with E-state index in [0.717, 1.165) is 19.4 Å². The molecule has 0 amide bonds. The average molecular weight is 257 g/mol. The molecule has 1 heterocycles. The first-order valence-electron chi connectivity index (χ1n) is 7.57. The van der Waals surface area contributed by atoms with Crippen LogP contribution in [0.2, 0.25) is 0 Å². The summed E-state index contributed by atoms with van der Waals surface area (Å²) in [4.78, 5) is 0. The molecule has 3 aliphatic rings. The summed E-state index contributed by atoms with van der Waals surface area (Å²) in [6.07, 6.45) is 20.1. The molecule has 0 aromatic heterocycles.